The van der Waals surface area contributed by atoms with Gasteiger partial charge in [0.15, 0.2) is 13.6 Å². The van der Waals surface area contributed by atoms with Crippen molar-refractivity contribution in [3.05, 3.63) is 56.5 Å². The van der Waals surface area contributed by atoms with Gasteiger partial charge in [-0.3, -0.25) is 0 Å². The van der Waals surface area contributed by atoms with E-state index >= 15 is 0 Å². The quantitative estimate of drug-likeness (QED) is 0.102. The van der Waals surface area contributed by atoms with Crippen molar-refractivity contribution in [2.24, 2.45) is 0 Å². The predicted molar refractivity (Wildman–Crippen MR) is 174 cm³/mol. The third-order valence-electron chi connectivity index (χ3n) is 5.60. The fourth-order valence-electron chi connectivity index (χ4n) is 3.09. The van der Waals surface area contributed by atoms with Crippen LogP contribution in [0.1, 0.15) is 11.1 Å². The Kier molecular flexibility index (Phi) is 18.1. The molecule has 0 amide bonds. The Hall–Kier alpha value is -0.726. The van der Waals surface area contributed by atoms with Gasteiger partial charge in [0.05, 0.1) is 6.61 Å². The van der Waals surface area contributed by atoms with Crippen molar-refractivity contribution in [3.63, 3.8) is 0 Å². The molecule has 0 aliphatic carbocycles. The maximum Gasteiger partial charge on any atom is 0.189 e. The fraction of sp³-hybridized carbons (Fsp3) is 0.586. The number of methoxy groups -OCH3 is 1. The Morgan fingerprint density at radius 1 is 0.667 bits per heavy atom. The van der Waals surface area contributed by atoms with Gasteiger partial charge in [0.2, 0.25) is 0 Å². The molecule has 0 aromatic heterocycles. The van der Waals surface area contributed by atoms with E-state index in [1.807, 2.05) is 36.4 Å². The first-order chi connectivity index (χ1) is 18.3. The molecule has 0 aliphatic heterocycles. The van der Waals surface area contributed by atoms with E-state index < -0.39 is 16.1 Å². The molecule has 222 valence electrons. The van der Waals surface area contributed by atoms with Crippen molar-refractivity contribution < 1.29 is 28.8 Å². The van der Waals surface area contributed by atoms with Crippen LogP contribution < -0.4 is 9.47 Å². The zero-order chi connectivity index (χ0) is 29.3. The van der Waals surface area contributed by atoms with Crippen molar-refractivity contribution in [1.82, 2.24) is 0 Å². The van der Waals surface area contributed by atoms with Crippen molar-refractivity contribution in [1.29, 1.82) is 0 Å². The average molecular weight is 709 g/mol. The van der Waals surface area contributed by atoms with Gasteiger partial charge < -0.3 is 28.8 Å². The third kappa shape index (κ3) is 18.3. The number of hydrogen-bond acceptors (Lipinski definition) is 6. The Morgan fingerprint density at radius 3 is 1.49 bits per heavy atom. The van der Waals surface area contributed by atoms with E-state index in [9.17, 15) is 0 Å². The maximum absolute atomic E-state index is 8.97. The molecule has 2 aromatic carbocycles. The zero-order valence-electron chi connectivity index (χ0n) is 24.8. The first kappa shape index (κ1) is 36.3. The van der Waals surface area contributed by atoms with Gasteiger partial charge in [-0.1, -0.05) is 71.1 Å². The third-order valence-corrected chi connectivity index (χ3v) is 10.6. The molecule has 1 N–H and O–H groups in total. The highest BCUT2D eigenvalue weighted by atomic mass is 79.9. The van der Waals surface area contributed by atoms with Crippen LogP contribution in [0.4, 0.5) is 0 Å². The average Bonchev–Trinajstić information content (AvgIpc) is 2.85. The molecule has 0 heterocycles. The summed E-state index contributed by atoms with van der Waals surface area (Å²) >= 11 is 6.99. The second-order valence-corrected chi connectivity index (χ2v) is 24.6. The molecular weight excluding hydrogens is 660 g/mol. The molecule has 10 heteroatoms. The number of halogens is 2. The number of benzene rings is 2. The Labute approximate surface area is 255 Å². The van der Waals surface area contributed by atoms with Crippen molar-refractivity contribution in [2.75, 3.05) is 47.1 Å². The molecule has 2 rings (SSSR count). The minimum Gasteiger partial charge on any atom is -0.468 e. The van der Waals surface area contributed by atoms with Gasteiger partial charge in [-0.2, -0.15) is 0 Å². The molecule has 0 spiro atoms. The van der Waals surface area contributed by atoms with Crippen molar-refractivity contribution in [3.8, 4) is 11.5 Å². The lowest BCUT2D eigenvalue weighted by atomic mass is 10.1. The Morgan fingerprint density at radius 2 is 1.10 bits per heavy atom. The minimum absolute atomic E-state index is 0.134. The lowest BCUT2D eigenvalue weighted by Gasteiger charge is -2.15. The minimum atomic E-state index is -1.03. The van der Waals surface area contributed by atoms with Crippen LogP contribution in [-0.2, 0) is 27.1 Å². The van der Waals surface area contributed by atoms with Crippen LogP contribution in [0, 0.1) is 0 Å². The first-order valence-electron chi connectivity index (χ1n) is 13.4. The SMILES string of the molecule is COCCc1cc(OCOCC[Si](C)(C)C)ccc1Br.C[Si](C)(C)CCOCOc1ccc(Br)c(CCO)c1. The summed E-state index contributed by atoms with van der Waals surface area (Å²) in [6.07, 6.45) is 1.49. The topological polar surface area (TPSA) is 66.4 Å². The van der Waals surface area contributed by atoms with Crippen LogP contribution in [0.2, 0.25) is 51.4 Å². The van der Waals surface area contributed by atoms with E-state index in [1.54, 1.807) is 7.11 Å². The number of hydrogen-bond donors (Lipinski definition) is 1. The molecule has 0 bridgehead atoms. The van der Waals surface area contributed by atoms with Gasteiger partial charge in [0, 0.05) is 52.0 Å². The van der Waals surface area contributed by atoms with Crippen LogP contribution in [0.3, 0.4) is 0 Å². The lowest BCUT2D eigenvalue weighted by molar-refractivity contribution is 0.0217. The second-order valence-electron chi connectivity index (χ2n) is 11.7. The number of aliphatic hydroxyl groups excluding tert-OH is 1. The maximum atomic E-state index is 8.97. The van der Waals surface area contributed by atoms with E-state index in [0.29, 0.717) is 19.8 Å². The molecule has 0 saturated carbocycles. The molecular formula is C29H48Br2O6Si2. The van der Waals surface area contributed by atoms with Crippen LogP contribution >= 0.6 is 31.9 Å². The van der Waals surface area contributed by atoms with Crippen molar-refractivity contribution in [2.45, 2.75) is 64.2 Å². The summed E-state index contributed by atoms with van der Waals surface area (Å²) in [5.74, 6) is 1.62. The second kappa shape index (κ2) is 19.4. The van der Waals surface area contributed by atoms with Gasteiger partial charge >= 0.3 is 0 Å². The summed E-state index contributed by atoms with van der Waals surface area (Å²) < 4.78 is 29.4. The fourth-order valence-corrected chi connectivity index (χ4v) is 5.49. The van der Waals surface area contributed by atoms with Crippen LogP contribution in [0.15, 0.2) is 45.3 Å². The number of rotatable bonds is 17. The van der Waals surface area contributed by atoms with E-state index in [1.165, 1.54) is 5.56 Å². The smallest absolute Gasteiger partial charge is 0.189 e. The summed E-state index contributed by atoms with van der Waals surface area (Å²) in [6.45, 7) is 17.0. The normalized spacial score (nSPS) is 11.6. The molecule has 0 fully saturated rings. The molecule has 2 aromatic rings. The summed E-state index contributed by atoms with van der Waals surface area (Å²) in [7, 11) is -0.338. The number of ether oxygens (including phenoxy) is 5. The molecule has 39 heavy (non-hydrogen) atoms. The van der Waals surface area contributed by atoms with Gasteiger partial charge in [0.25, 0.3) is 0 Å². The van der Waals surface area contributed by atoms with E-state index in [-0.39, 0.29) is 13.4 Å². The van der Waals surface area contributed by atoms with E-state index in [2.05, 4.69) is 71.1 Å². The highest BCUT2D eigenvalue weighted by Crippen LogP contribution is 2.24. The predicted octanol–water partition coefficient (Wildman–Crippen LogP) is 8.00. The van der Waals surface area contributed by atoms with E-state index in [0.717, 1.165) is 57.7 Å². The highest BCUT2D eigenvalue weighted by Gasteiger charge is 2.13. The van der Waals surface area contributed by atoms with Gasteiger partial charge in [-0.25, -0.2) is 0 Å². The van der Waals surface area contributed by atoms with Gasteiger partial charge in [-0.15, -0.1) is 0 Å². The lowest BCUT2D eigenvalue weighted by Crippen LogP contribution is -2.22. The van der Waals surface area contributed by atoms with Gasteiger partial charge in [0.1, 0.15) is 11.5 Å². The number of aliphatic hydroxyl groups is 1. The largest absolute Gasteiger partial charge is 0.468 e. The summed E-state index contributed by atoms with van der Waals surface area (Å²) in [4.78, 5) is 0. The van der Waals surface area contributed by atoms with Crippen molar-refractivity contribution >= 4 is 48.0 Å². The molecule has 0 radical (unpaired) electrons. The van der Waals surface area contributed by atoms with E-state index in [4.69, 9.17) is 28.8 Å². The molecule has 6 nitrogen and oxygen atoms in total. The molecule has 0 unspecified atom stereocenters. The zero-order valence-corrected chi connectivity index (χ0v) is 30.0. The highest BCUT2D eigenvalue weighted by molar-refractivity contribution is 9.10. The Bertz CT molecular complexity index is 948. The summed E-state index contributed by atoms with van der Waals surface area (Å²) in [6, 6.07) is 14.1. The summed E-state index contributed by atoms with van der Waals surface area (Å²) in [5.41, 5.74) is 2.23. The summed E-state index contributed by atoms with van der Waals surface area (Å²) in [5, 5.41) is 8.97. The van der Waals surface area contributed by atoms with Crippen LogP contribution in [0.5, 0.6) is 11.5 Å². The van der Waals surface area contributed by atoms with Crippen LogP contribution in [0.25, 0.3) is 0 Å². The molecule has 0 atom stereocenters. The first-order valence-corrected chi connectivity index (χ1v) is 22.4. The monoisotopic (exact) mass is 706 g/mol. The Balaban J connectivity index is 0.000000391. The standard InChI is InChI=1S/C15H25BrO3Si.C14H23BrO3Si/c1-17-8-7-13-11-14(5-6-15(13)16)19-12-18-9-10-20(2,3)4;1-19(2,3)9-8-17-11-18-13-4-5-14(15)12(10-13)6-7-16/h5-6,11H,7-10,12H2,1-4H3;4-5,10,16H,6-9,11H2,1-3H3. The van der Waals surface area contributed by atoms with Gasteiger partial charge in [-0.05, 0) is 72.5 Å². The molecule has 0 aliphatic rings. The molecule has 0 saturated heterocycles. The van der Waals surface area contributed by atoms with Crippen LogP contribution in [-0.4, -0.2) is 68.4 Å².